The van der Waals surface area contributed by atoms with E-state index in [0.717, 1.165) is 0 Å². The maximum atomic E-state index is 14.3. The lowest BCUT2D eigenvalue weighted by Crippen LogP contribution is -2.57. The third kappa shape index (κ3) is 4.39. The molecule has 3 unspecified atom stereocenters. The Kier molecular flexibility index (Phi) is 7.83. The highest BCUT2D eigenvalue weighted by Crippen LogP contribution is 2.65. The molecule has 2 bridgehead atoms. The minimum atomic E-state index is -1.19. The Bertz CT molecular complexity index is 1080. The van der Waals surface area contributed by atoms with Crippen LogP contribution in [0.1, 0.15) is 33.1 Å². The molecule has 8 nitrogen and oxygen atoms in total. The summed E-state index contributed by atoms with van der Waals surface area (Å²) in [6.45, 7) is 11.7. The normalized spacial score (nSPS) is 31.8. The van der Waals surface area contributed by atoms with Gasteiger partial charge in [-0.2, -0.15) is 0 Å². The van der Waals surface area contributed by atoms with Crippen molar-refractivity contribution in [3.8, 4) is 0 Å². The number of ether oxygens (including phenoxy) is 2. The molecule has 1 aromatic carbocycles. The van der Waals surface area contributed by atoms with E-state index in [-0.39, 0.29) is 44.0 Å². The highest BCUT2D eigenvalue weighted by Gasteiger charge is 2.80. The first-order valence-electron chi connectivity index (χ1n) is 12.7. The van der Waals surface area contributed by atoms with Gasteiger partial charge < -0.3 is 24.4 Å². The van der Waals surface area contributed by atoms with E-state index in [0.29, 0.717) is 30.0 Å². The molecular formula is C28H35ClN2O6. The molecule has 1 N–H and O–H groups in total. The van der Waals surface area contributed by atoms with E-state index in [2.05, 4.69) is 13.2 Å². The van der Waals surface area contributed by atoms with Crippen LogP contribution in [0.2, 0.25) is 5.02 Å². The molecule has 1 aromatic rings. The van der Waals surface area contributed by atoms with Gasteiger partial charge in [-0.15, -0.1) is 13.2 Å². The minimum absolute atomic E-state index is 0.0926. The molecule has 37 heavy (non-hydrogen) atoms. The molecule has 0 radical (unpaired) electrons. The molecule has 1 spiro atoms. The van der Waals surface area contributed by atoms with Crippen molar-refractivity contribution in [1.82, 2.24) is 4.90 Å². The van der Waals surface area contributed by atoms with Gasteiger partial charge in [-0.3, -0.25) is 14.4 Å². The molecule has 3 saturated heterocycles. The molecular weight excluding hydrogens is 496 g/mol. The fourth-order valence-corrected chi connectivity index (χ4v) is 6.54. The molecule has 6 atom stereocenters. The van der Waals surface area contributed by atoms with Gasteiger partial charge in [-0.1, -0.05) is 30.7 Å². The number of rotatable bonds is 11. The average Bonchev–Trinajstić information content (AvgIpc) is 3.38. The molecule has 0 saturated carbocycles. The Morgan fingerprint density at radius 3 is 2.62 bits per heavy atom. The van der Waals surface area contributed by atoms with Crippen molar-refractivity contribution in [2.24, 2.45) is 17.8 Å². The van der Waals surface area contributed by atoms with Crippen LogP contribution in [0.15, 0.2) is 49.6 Å². The highest BCUT2D eigenvalue weighted by molar-refractivity contribution is 6.30. The Morgan fingerprint density at radius 2 is 2.00 bits per heavy atom. The van der Waals surface area contributed by atoms with Crippen LogP contribution in [0.4, 0.5) is 5.69 Å². The van der Waals surface area contributed by atoms with Crippen LogP contribution in [0.3, 0.4) is 0 Å². The van der Waals surface area contributed by atoms with E-state index in [9.17, 15) is 19.5 Å². The summed E-state index contributed by atoms with van der Waals surface area (Å²) < 4.78 is 12.2. The highest BCUT2D eigenvalue weighted by atomic mass is 35.5. The predicted molar refractivity (Wildman–Crippen MR) is 140 cm³/mol. The van der Waals surface area contributed by atoms with Gasteiger partial charge in [0.2, 0.25) is 5.91 Å². The number of nitrogens with zero attached hydrogens (tertiary/aromatic N) is 2. The monoisotopic (exact) mass is 530 g/mol. The molecule has 0 aromatic heterocycles. The molecule has 3 aliphatic heterocycles. The van der Waals surface area contributed by atoms with Crippen LogP contribution < -0.4 is 4.90 Å². The van der Waals surface area contributed by atoms with Crippen LogP contribution in [-0.4, -0.2) is 71.3 Å². The number of amides is 2. The summed E-state index contributed by atoms with van der Waals surface area (Å²) in [5.41, 5.74) is -1.53. The number of aliphatic hydroxyl groups excluding tert-OH is 1. The van der Waals surface area contributed by atoms with Crippen molar-refractivity contribution in [2.75, 3.05) is 31.2 Å². The van der Waals surface area contributed by atoms with Gasteiger partial charge in [-0.05, 0) is 56.4 Å². The van der Waals surface area contributed by atoms with Crippen molar-refractivity contribution in [3.63, 3.8) is 0 Å². The molecule has 200 valence electrons. The fraction of sp³-hybridized carbons (Fsp3) is 0.536. The lowest BCUT2D eigenvalue weighted by Gasteiger charge is -2.37. The van der Waals surface area contributed by atoms with E-state index in [1.165, 1.54) is 4.90 Å². The number of carbonyl (C=O) groups excluding carboxylic acids is 3. The van der Waals surface area contributed by atoms with Crippen LogP contribution in [-0.2, 0) is 23.9 Å². The van der Waals surface area contributed by atoms with Gasteiger partial charge in [0.15, 0.2) is 0 Å². The van der Waals surface area contributed by atoms with Crippen molar-refractivity contribution < 1.29 is 29.0 Å². The van der Waals surface area contributed by atoms with E-state index >= 15 is 0 Å². The molecule has 3 aliphatic rings. The zero-order chi connectivity index (χ0) is 27.0. The summed E-state index contributed by atoms with van der Waals surface area (Å²) in [7, 11) is 0. The van der Waals surface area contributed by atoms with Crippen molar-refractivity contribution in [3.05, 3.63) is 54.6 Å². The average molecular weight is 531 g/mol. The second-order valence-electron chi connectivity index (χ2n) is 10.3. The van der Waals surface area contributed by atoms with Gasteiger partial charge in [-0.25, -0.2) is 0 Å². The molecule has 9 heteroatoms. The van der Waals surface area contributed by atoms with Gasteiger partial charge in [0.1, 0.15) is 17.6 Å². The molecule has 0 aliphatic carbocycles. The standard InChI is InChI=1S/C28H35ClN2O6/c1-5-7-16-36-26(35)22-21-24(33)31(14-8-15-32)23(28(21)17-18(3)27(22,4)37-28)25(34)30(13-6-2)20-11-9-19(29)10-12-20/h5-6,9-12,18,21-23,32H,1-2,7-8,13-17H2,3-4H3/t18?,21-,22-,23?,27+,28?/m0/s1. The Morgan fingerprint density at radius 1 is 1.30 bits per heavy atom. The molecule has 3 heterocycles. The van der Waals surface area contributed by atoms with Gasteiger partial charge in [0.05, 0.1) is 18.1 Å². The topological polar surface area (TPSA) is 96.4 Å². The van der Waals surface area contributed by atoms with Gasteiger partial charge in [0, 0.05) is 30.4 Å². The van der Waals surface area contributed by atoms with E-state index in [1.54, 1.807) is 41.3 Å². The first-order valence-corrected chi connectivity index (χ1v) is 13.1. The molecule has 3 fully saturated rings. The van der Waals surface area contributed by atoms with E-state index in [1.807, 2.05) is 13.8 Å². The quantitative estimate of drug-likeness (QED) is 0.268. The van der Waals surface area contributed by atoms with Gasteiger partial charge in [0.25, 0.3) is 5.91 Å². The Balaban J connectivity index is 1.78. The third-order valence-corrected chi connectivity index (χ3v) is 8.39. The van der Waals surface area contributed by atoms with Crippen LogP contribution >= 0.6 is 11.6 Å². The first-order chi connectivity index (χ1) is 17.7. The Labute approximate surface area is 222 Å². The van der Waals surface area contributed by atoms with Crippen LogP contribution in [0, 0.1) is 17.8 Å². The zero-order valence-corrected chi connectivity index (χ0v) is 22.2. The number of hydrogen-bond acceptors (Lipinski definition) is 6. The van der Waals surface area contributed by atoms with Crippen LogP contribution in [0.25, 0.3) is 0 Å². The number of hydrogen-bond donors (Lipinski definition) is 1. The number of benzene rings is 1. The summed E-state index contributed by atoms with van der Waals surface area (Å²) in [5, 5.41) is 10.1. The number of halogens is 1. The largest absolute Gasteiger partial charge is 0.465 e. The van der Waals surface area contributed by atoms with Crippen molar-refractivity contribution in [2.45, 2.75) is 50.4 Å². The summed E-state index contributed by atoms with van der Waals surface area (Å²) >= 11 is 6.08. The van der Waals surface area contributed by atoms with Crippen LogP contribution in [0.5, 0.6) is 0 Å². The molecule has 2 amide bonds. The summed E-state index contributed by atoms with van der Waals surface area (Å²) in [6.07, 6.45) is 4.52. The lowest BCUT2D eigenvalue weighted by atomic mass is 9.62. The second-order valence-corrected chi connectivity index (χ2v) is 10.7. The summed E-state index contributed by atoms with van der Waals surface area (Å²) in [4.78, 5) is 44.7. The van der Waals surface area contributed by atoms with E-state index < -0.39 is 35.0 Å². The lowest BCUT2D eigenvalue weighted by molar-refractivity contribution is -0.161. The number of carbonyl (C=O) groups is 3. The SMILES string of the molecule is C=CCCOC(=O)[C@@H]1[C@H]2C(=O)N(CCCO)C(C(=O)N(CC=C)c3ccc(Cl)cc3)C23CC(C)[C@@]1(C)O3. The fourth-order valence-electron chi connectivity index (χ4n) is 6.41. The summed E-state index contributed by atoms with van der Waals surface area (Å²) in [6, 6.07) is 5.90. The number of likely N-dealkylation sites (tertiary alicyclic amines) is 1. The third-order valence-electron chi connectivity index (χ3n) is 8.14. The first kappa shape index (κ1) is 27.4. The minimum Gasteiger partial charge on any atom is -0.465 e. The maximum absolute atomic E-state index is 14.3. The number of fused-ring (bicyclic) bond motifs is 1. The number of anilines is 1. The molecule has 4 rings (SSSR count). The second kappa shape index (κ2) is 10.6. The predicted octanol–water partition coefficient (Wildman–Crippen LogP) is 3.37. The number of esters is 1. The maximum Gasteiger partial charge on any atom is 0.312 e. The Hall–Kier alpha value is -2.68. The van der Waals surface area contributed by atoms with Gasteiger partial charge >= 0.3 is 5.97 Å². The van der Waals surface area contributed by atoms with Crippen molar-refractivity contribution in [1.29, 1.82) is 0 Å². The van der Waals surface area contributed by atoms with Crippen molar-refractivity contribution >= 4 is 35.1 Å². The zero-order valence-electron chi connectivity index (χ0n) is 21.4. The smallest absolute Gasteiger partial charge is 0.312 e. The number of aliphatic hydroxyl groups is 1. The summed E-state index contributed by atoms with van der Waals surface area (Å²) in [5.74, 6) is -2.92. The van der Waals surface area contributed by atoms with E-state index in [4.69, 9.17) is 21.1 Å².